The predicted molar refractivity (Wildman–Crippen MR) is 89.5 cm³/mol. The van der Waals surface area contributed by atoms with Gasteiger partial charge in [0.2, 0.25) is 5.91 Å². The van der Waals surface area contributed by atoms with Crippen molar-refractivity contribution in [2.24, 2.45) is 13.0 Å². The summed E-state index contributed by atoms with van der Waals surface area (Å²) in [5.41, 5.74) is 0.890. The first-order valence-corrected chi connectivity index (χ1v) is 8.34. The van der Waals surface area contributed by atoms with E-state index in [-0.39, 0.29) is 29.9 Å². The van der Waals surface area contributed by atoms with Crippen LogP contribution in [-0.2, 0) is 16.6 Å². The van der Waals surface area contributed by atoms with Gasteiger partial charge in [-0.05, 0) is 31.5 Å². The van der Waals surface area contributed by atoms with Gasteiger partial charge in [0.05, 0.1) is 18.2 Å². The smallest absolute Gasteiger partial charge is 0.226 e. The van der Waals surface area contributed by atoms with Gasteiger partial charge in [-0.1, -0.05) is 6.07 Å². The second-order valence-corrected chi connectivity index (χ2v) is 6.20. The first-order chi connectivity index (χ1) is 12.0. The van der Waals surface area contributed by atoms with Gasteiger partial charge in [-0.3, -0.25) is 9.48 Å². The summed E-state index contributed by atoms with van der Waals surface area (Å²) < 4.78 is 26.3. The Morgan fingerprint density at radius 2 is 2.36 bits per heavy atom. The van der Waals surface area contributed by atoms with Crippen LogP contribution in [0.1, 0.15) is 25.1 Å². The number of halogens is 1. The van der Waals surface area contributed by atoms with Crippen molar-refractivity contribution in [3.8, 4) is 5.75 Å². The average molecular weight is 347 g/mol. The summed E-state index contributed by atoms with van der Waals surface area (Å²) in [6.07, 6.45) is 1.80. The lowest BCUT2D eigenvalue weighted by atomic mass is 9.98. The van der Waals surface area contributed by atoms with Crippen molar-refractivity contribution >= 4 is 5.91 Å². The van der Waals surface area contributed by atoms with Crippen LogP contribution in [0.3, 0.4) is 0 Å². The number of aryl methyl sites for hydroxylation is 1. The molecular weight excluding hydrogens is 325 g/mol. The van der Waals surface area contributed by atoms with Crippen molar-refractivity contribution in [3.63, 3.8) is 0 Å². The van der Waals surface area contributed by atoms with Gasteiger partial charge in [-0.2, -0.15) is 5.10 Å². The lowest BCUT2D eigenvalue weighted by Crippen LogP contribution is -2.38. The van der Waals surface area contributed by atoms with E-state index in [0.717, 1.165) is 5.69 Å². The van der Waals surface area contributed by atoms with E-state index >= 15 is 0 Å². The Balaban J connectivity index is 1.54. The molecule has 7 heteroatoms. The monoisotopic (exact) mass is 347 g/mol. The van der Waals surface area contributed by atoms with Crippen molar-refractivity contribution in [3.05, 3.63) is 48.0 Å². The van der Waals surface area contributed by atoms with E-state index in [1.54, 1.807) is 23.0 Å². The highest BCUT2D eigenvalue weighted by atomic mass is 19.1. The van der Waals surface area contributed by atoms with E-state index in [4.69, 9.17) is 9.47 Å². The van der Waals surface area contributed by atoms with Crippen molar-refractivity contribution in [2.75, 3.05) is 13.2 Å². The Morgan fingerprint density at radius 1 is 1.52 bits per heavy atom. The maximum absolute atomic E-state index is 13.2. The Morgan fingerprint density at radius 3 is 3.08 bits per heavy atom. The van der Waals surface area contributed by atoms with Gasteiger partial charge in [0.25, 0.3) is 0 Å². The van der Waals surface area contributed by atoms with Crippen LogP contribution >= 0.6 is 0 Å². The molecule has 1 N–H and O–H groups in total. The Bertz CT molecular complexity index is 734. The highest BCUT2D eigenvalue weighted by Gasteiger charge is 2.36. The van der Waals surface area contributed by atoms with E-state index in [2.05, 4.69) is 10.4 Å². The molecule has 0 bridgehead atoms. The fourth-order valence-electron chi connectivity index (χ4n) is 3.00. The molecule has 0 radical (unpaired) electrons. The van der Waals surface area contributed by atoms with Gasteiger partial charge in [0, 0.05) is 25.9 Å². The lowest BCUT2D eigenvalue weighted by molar-refractivity contribution is -0.127. The largest absolute Gasteiger partial charge is 0.489 e. The first kappa shape index (κ1) is 17.4. The first-order valence-electron chi connectivity index (χ1n) is 8.34. The van der Waals surface area contributed by atoms with Gasteiger partial charge in [0.15, 0.2) is 0 Å². The molecule has 2 aromatic rings. The molecule has 0 saturated carbocycles. The molecule has 0 unspecified atom stereocenters. The Labute approximate surface area is 145 Å². The summed E-state index contributed by atoms with van der Waals surface area (Å²) in [6, 6.07) is 7.82. The number of nitrogens with zero attached hydrogens (tertiary/aromatic N) is 2. The fourth-order valence-corrected chi connectivity index (χ4v) is 3.00. The van der Waals surface area contributed by atoms with E-state index in [9.17, 15) is 9.18 Å². The number of hydrogen-bond donors (Lipinski definition) is 1. The van der Waals surface area contributed by atoms with Crippen molar-refractivity contribution in [1.82, 2.24) is 15.1 Å². The Hall–Kier alpha value is -2.41. The summed E-state index contributed by atoms with van der Waals surface area (Å²) in [7, 11) is 1.83. The minimum absolute atomic E-state index is 0.0709. The molecule has 1 aromatic carbocycles. The maximum Gasteiger partial charge on any atom is 0.226 e. The summed E-state index contributed by atoms with van der Waals surface area (Å²) in [5.74, 6) is -0.232. The molecule has 0 spiro atoms. The zero-order valence-electron chi connectivity index (χ0n) is 14.3. The van der Waals surface area contributed by atoms with E-state index < -0.39 is 0 Å². The molecule has 6 nitrogen and oxygen atoms in total. The van der Waals surface area contributed by atoms with Gasteiger partial charge in [-0.25, -0.2) is 4.39 Å². The number of nitrogens with one attached hydrogen (secondary N) is 1. The second-order valence-electron chi connectivity index (χ2n) is 6.20. The van der Waals surface area contributed by atoms with Crippen molar-refractivity contribution in [2.45, 2.75) is 25.6 Å². The molecule has 134 valence electrons. The second kappa shape index (κ2) is 7.65. The van der Waals surface area contributed by atoms with Crippen LogP contribution in [0.4, 0.5) is 4.39 Å². The number of carbonyl (C=O) groups is 1. The van der Waals surface area contributed by atoms with Crippen LogP contribution in [0.15, 0.2) is 36.5 Å². The summed E-state index contributed by atoms with van der Waals surface area (Å²) in [6.45, 7) is 2.71. The van der Waals surface area contributed by atoms with Gasteiger partial charge in [-0.15, -0.1) is 0 Å². The summed E-state index contributed by atoms with van der Waals surface area (Å²) in [4.78, 5) is 12.5. The number of rotatable bonds is 6. The minimum Gasteiger partial charge on any atom is -0.489 e. The molecule has 1 amide bonds. The normalized spacial score (nSPS) is 21.1. The van der Waals surface area contributed by atoms with Crippen LogP contribution in [0, 0.1) is 11.7 Å². The molecule has 3 atom stereocenters. The van der Waals surface area contributed by atoms with Crippen LogP contribution in [0.5, 0.6) is 5.75 Å². The fraction of sp³-hybridized carbons (Fsp3) is 0.444. The van der Waals surface area contributed by atoms with Crippen LogP contribution in [0.25, 0.3) is 0 Å². The third-order valence-electron chi connectivity index (χ3n) is 4.28. The number of benzene rings is 1. The predicted octanol–water partition coefficient (Wildman–Crippen LogP) is 2.22. The van der Waals surface area contributed by atoms with Gasteiger partial charge >= 0.3 is 0 Å². The summed E-state index contributed by atoms with van der Waals surface area (Å²) >= 11 is 0. The van der Waals surface area contributed by atoms with Gasteiger partial charge < -0.3 is 14.8 Å². The number of aromatic nitrogens is 2. The number of amides is 1. The zero-order valence-corrected chi connectivity index (χ0v) is 14.3. The van der Waals surface area contributed by atoms with Crippen LogP contribution in [-0.4, -0.2) is 34.9 Å². The molecule has 1 aromatic heterocycles. The zero-order chi connectivity index (χ0) is 17.8. The highest BCUT2D eigenvalue weighted by Crippen LogP contribution is 2.34. The minimum atomic E-state index is -0.351. The third-order valence-corrected chi connectivity index (χ3v) is 4.28. The standard InChI is InChI=1S/C18H22FN3O3/c1-12(25-14-5-3-4-13(19)10-14)11-20-18(23)15-7-9-24-17(15)16-6-8-21-22(16)2/h3-6,8,10,12,15,17H,7,9,11H2,1-2H3,(H,20,23)/t12-,15+,17+/m0/s1. The molecule has 0 aliphatic carbocycles. The quantitative estimate of drug-likeness (QED) is 0.870. The van der Waals surface area contributed by atoms with Gasteiger partial charge in [0.1, 0.15) is 23.8 Å². The number of hydrogen-bond acceptors (Lipinski definition) is 4. The van der Waals surface area contributed by atoms with E-state index in [1.807, 2.05) is 20.0 Å². The SMILES string of the molecule is C[C@@H](CNC(=O)[C@@H]1CCO[C@H]1c1ccnn1C)Oc1cccc(F)c1. The van der Waals surface area contributed by atoms with E-state index in [1.165, 1.54) is 12.1 Å². The number of ether oxygens (including phenoxy) is 2. The maximum atomic E-state index is 13.2. The number of carbonyl (C=O) groups excluding carboxylic acids is 1. The molecular formula is C18H22FN3O3. The molecule has 1 fully saturated rings. The molecule has 1 aliphatic heterocycles. The molecule has 1 saturated heterocycles. The lowest BCUT2D eigenvalue weighted by Gasteiger charge is -2.20. The van der Waals surface area contributed by atoms with Crippen molar-refractivity contribution < 1.29 is 18.7 Å². The molecule has 1 aliphatic rings. The highest BCUT2D eigenvalue weighted by molar-refractivity contribution is 5.79. The molecule has 3 rings (SSSR count). The summed E-state index contributed by atoms with van der Waals surface area (Å²) in [5, 5.41) is 7.04. The van der Waals surface area contributed by atoms with E-state index in [0.29, 0.717) is 25.3 Å². The molecule has 25 heavy (non-hydrogen) atoms. The van der Waals surface area contributed by atoms with Crippen molar-refractivity contribution in [1.29, 1.82) is 0 Å². The topological polar surface area (TPSA) is 65.4 Å². The van der Waals surface area contributed by atoms with Crippen LogP contribution < -0.4 is 10.1 Å². The van der Waals surface area contributed by atoms with Crippen LogP contribution in [0.2, 0.25) is 0 Å². The third kappa shape index (κ3) is 4.17. The Kier molecular flexibility index (Phi) is 5.33. The molecule has 2 heterocycles. The average Bonchev–Trinajstić information content (AvgIpc) is 3.21.